The Balaban J connectivity index is 1.62. The van der Waals surface area contributed by atoms with Crippen molar-refractivity contribution in [3.63, 3.8) is 0 Å². The molecule has 0 fully saturated rings. The van der Waals surface area contributed by atoms with Crippen LogP contribution in [0.5, 0.6) is 5.75 Å². The van der Waals surface area contributed by atoms with E-state index in [1.54, 1.807) is 50.4 Å². The van der Waals surface area contributed by atoms with Crippen molar-refractivity contribution in [3.8, 4) is 23.1 Å². The van der Waals surface area contributed by atoms with E-state index in [-0.39, 0.29) is 17.7 Å². The zero-order chi connectivity index (χ0) is 25.1. The van der Waals surface area contributed by atoms with E-state index in [2.05, 4.69) is 0 Å². The number of furan rings is 1. The molecular formula is C27H20Cl2N2O4. The largest absolute Gasteiger partial charge is 0.497 e. The molecule has 1 aliphatic rings. The third-order valence-electron chi connectivity index (χ3n) is 5.73. The second-order valence-corrected chi connectivity index (χ2v) is 8.68. The van der Waals surface area contributed by atoms with Crippen LogP contribution in [0.1, 0.15) is 18.2 Å². The van der Waals surface area contributed by atoms with Crippen LogP contribution in [-0.2, 0) is 16.0 Å². The third kappa shape index (κ3) is 5.02. The molecule has 0 unspecified atom stereocenters. The van der Waals surface area contributed by atoms with Gasteiger partial charge in [0.15, 0.2) is 0 Å². The molecule has 0 saturated carbocycles. The highest BCUT2D eigenvalue weighted by molar-refractivity contribution is 6.42. The van der Waals surface area contributed by atoms with Gasteiger partial charge in [-0.25, -0.2) is 0 Å². The Kier molecular flexibility index (Phi) is 7.11. The number of carbonyl (C=O) groups excluding carboxylic acids is 2. The van der Waals surface area contributed by atoms with Gasteiger partial charge in [-0.15, -0.1) is 0 Å². The number of hydrogen-bond acceptors (Lipinski definition) is 5. The van der Waals surface area contributed by atoms with Crippen LogP contribution in [0.15, 0.2) is 75.7 Å². The Morgan fingerprint density at radius 3 is 2.43 bits per heavy atom. The van der Waals surface area contributed by atoms with Crippen molar-refractivity contribution in [2.45, 2.75) is 13.3 Å². The molecule has 1 aliphatic heterocycles. The van der Waals surface area contributed by atoms with Crippen LogP contribution < -0.4 is 4.74 Å². The summed E-state index contributed by atoms with van der Waals surface area (Å²) < 4.78 is 11.1. The molecule has 0 aliphatic carbocycles. The number of rotatable bonds is 6. The van der Waals surface area contributed by atoms with E-state index in [0.717, 1.165) is 16.0 Å². The second kappa shape index (κ2) is 10.2. The highest BCUT2D eigenvalue weighted by Gasteiger charge is 2.35. The molecule has 0 atom stereocenters. The van der Waals surface area contributed by atoms with E-state index in [1.807, 2.05) is 30.3 Å². The Hall–Kier alpha value is -3.79. The molecule has 0 N–H and O–H groups in total. The Morgan fingerprint density at radius 1 is 1.03 bits per heavy atom. The van der Waals surface area contributed by atoms with E-state index in [4.69, 9.17) is 32.4 Å². The molecule has 0 radical (unpaired) electrons. The molecule has 0 saturated heterocycles. The average Bonchev–Trinajstić information content (AvgIpc) is 3.33. The molecule has 8 heteroatoms. The normalized spacial score (nSPS) is 15.1. The number of methoxy groups -OCH3 is 1. The van der Waals surface area contributed by atoms with Gasteiger partial charge in [-0.2, -0.15) is 5.26 Å². The lowest BCUT2D eigenvalue weighted by molar-refractivity contribution is -0.140. The first kappa shape index (κ1) is 24.3. The molecule has 4 rings (SSSR count). The van der Waals surface area contributed by atoms with Crippen LogP contribution in [-0.4, -0.2) is 30.4 Å². The van der Waals surface area contributed by atoms with Crippen molar-refractivity contribution in [1.82, 2.24) is 4.90 Å². The van der Waals surface area contributed by atoms with Gasteiger partial charge in [-0.3, -0.25) is 14.5 Å². The molecule has 0 spiro atoms. The Morgan fingerprint density at radius 2 is 1.77 bits per heavy atom. The number of amides is 2. The molecule has 35 heavy (non-hydrogen) atoms. The van der Waals surface area contributed by atoms with E-state index < -0.39 is 11.8 Å². The second-order valence-electron chi connectivity index (χ2n) is 7.86. The van der Waals surface area contributed by atoms with Crippen molar-refractivity contribution in [2.24, 2.45) is 0 Å². The summed E-state index contributed by atoms with van der Waals surface area (Å²) in [6.07, 6.45) is 1.98. The smallest absolute Gasteiger partial charge is 0.271 e. The summed E-state index contributed by atoms with van der Waals surface area (Å²) in [7, 11) is 1.58. The number of benzene rings is 2. The number of hydrogen-bond donors (Lipinski definition) is 0. The number of imide groups is 1. The van der Waals surface area contributed by atoms with E-state index in [9.17, 15) is 14.9 Å². The van der Waals surface area contributed by atoms with Crippen molar-refractivity contribution in [1.29, 1.82) is 5.26 Å². The fraction of sp³-hybridized carbons (Fsp3) is 0.148. The molecular weight excluding hydrogens is 487 g/mol. The standard InChI is InChI=1S/C27H20Cl2N2O4/c1-16-21(14-20-8-10-25(35-20)18-5-9-23(28)24(29)13-18)26(32)31(27(33)22(16)15-30)12-11-17-3-6-19(34-2)7-4-17/h3-10,13-14H,11-12H2,1-2H3/b21-14+. The van der Waals surface area contributed by atoms with Crippen LogP contribution in [0.25, 0.3) is 17.4 Å². The SMILES string of the molecule is COc1ccc(CCN2C(=O)C(C#N)=C(C)/C(=C\c3ccc(-c4ccc(Cl)c(Cl)c4)o3)C2=O)cc1. The maximum atomic E-state index is 13.3. The first-order chi connectivity index (χ1) is 16.8. The summed E-state index contributed by atoms with van der Waals surface area (Å²) in [5, 5.41) is 10.4. The van der Waals surface area contributed by atoms with Crippen molar-refractivity contribution in [3.05, 3.63) is 92.7 Å². The molecule has 2 heterocycles. The van der Waals surface area contributed by atoms with Crippen LogP contribution in [0, 0.1) is 11.3 Å². The minimum absolute atomic E-state index is 0.0677. The zero-order valence-electron chi connectivity index (χ0n) is 19.0. The lowest BCUT2D eigenvalue weighted by Crippen LogP contribution is -2.43. The van der Waals surface area contributed by atoms with Crippen LogP contribution >= 0.6 is 23.2 Å². The van der Waals surface area contributed by atoms with E-state index in [0.29, 0.717) is 39.3 Å². The van der Waals surface area contributed by atoms with Crippen molar-refractivity contribution >= 4 is 41.1 Å². The van der Waals surface area contributed by atoms with Gasteiger partial charge in [0.2, 0.25) is 0 Å². The van der Waals surface area contributed by atoms with Gasteiger partial charge in [0.25, 0.3) is 11.8 Å². The lowest BCUT2D eigenvalue weighted by atomic mass is 9.94. The molecule has 176 valence electrons. The van der Waals surface area contributed by atoms with Gasteiger partial charge >= 0.3 is 0 Å². The van der Waals surface area contributed by atoms with Crippen LogP contribution in [0.2, 0.25) is 10.0 Å². The fourth-order valence-corrected chi connectivity index (χ4v) is 4.04. The minimum Gasteiger partial charge on any atom is -0.497 e. The van der Waals surface area contributed by atoms with Gasteiger partial charge < -0.3 is 9.15 Å². The summed E-state index contributed by atoms with van der Waals surface area (Å²) in [5.41, 5.74) is 2.13. The first-order valence-corrected chi connectivity index (χ1v) is 11.5. The molecule has 1 aromatic heterocycles. The molecule has 2 aromatic carbocycles. The number of nitrogens with zero attached hydrogens (tertiary/aromatic N) is 2. The van der Waals surface area contributed by atoms with Gasteiger partial charge in [-0.05, 0) is 73.0 Å². The molecule has 0 bridgehead atoms. The maximum absolute atomic E-state index is 13.3. The minimum atomic E-state index is -0.600. The topological polar surface area (TPSA) is 83.5 Å². The third-order valence-corrected chi connectivity index (χ3v) is 6.47. The van der Waals surface area contributed by atoms with E-state index >= 15 is 0 Å². The fourth-order valence-electron chi connectivity index (χ4n) is 3.74. The van der Waals surface area contributed by atoms with E-state index in [1.165, 1.54) is 0 Å². The number of ether oxygens (including phenoxy) is 1. The summed E-state index contributed by atoms with van der Waals surface area (Å²) in [5.74, 6) is 0.570. The average molecular weight is 507 g/mol. The van der Waals surface area contributed by atoms with Crippen molar-refractivity contribution < 1.29 is 18.7 Å². The maximum Gasteiger partial charge on any atom is 0.271 e. The summed E-state index contributed by atoms with van der Waals surface area (Å²) >= 11 is 12.1. The summed E-state index contributed by atoms with van der Waals surface area (Å²) in [4.78, 5) is 27.3. The highest BCUT2D eigenvalue weighted by atomic mass is 35.5. The van der Waals surface area contributed by atoms with Gasteiger partial charge in [0.05, 0.1) is 17.2 Å². The van der Waals surface area contributed by atoms with Crippen molar-refractivity contribution in [2.75, 3.05) is 13.7 Å². The molecule has 6 nitrogen and oxygen atoms in total. The van der Waals surface area contributed by atoms with Gasteiger partial charge in [0, 0.05) is 17.7 Å². The predicted molar refractivity (Wildman–Crippen MR) is 134 cm³/mol. The Bertz CT molecular complexity index is 1410. The number of nitriles is 1. The molecule has 3 aromatic rings. The quantitative estimate of drug-likeness (QED) is 0.298. The van der Waals surface area contributed by atoms with Gasteiger partial charge in [0.1, 0.15) is 28.9 Å². The zero-order valence-corrected chi connectivity index (χ0v) is 20.5. The lowest BCUT2D eigenvalue weighted by Gasteiger charge is -2.27. The molecule has 2 amide bonds. The van der Waals surface area contributed by atoms with Gasteiger partial charge in [-0.1, -0.05) is 35.3 Å². The Labute approximate surface area is 212 Å². The number of halogens is 2. The predicted octanol–water partition coefficient (Wildman–Crippen LogP) is 6.10. The first-order valence-electron chi connectivity index (χ1n) is 10.7. The number of carbonyl (C=O) groups is 2. The monoisotopic (exact) mass is 506 g/mol. The highest BCUT2D eigenvalue weighted by Crippen LogP contribution is 2.32. The summed E-state index contributed by atoms with van der Waals surface area (Å²) in [6, 6.07) is 17.9. The summed E-state index contributed by atoms with van der Waals surface area (Å²) in [6.45, 7) is 1.72. The van der Waals surface area contributed by atoms with Crippen LogP contribution in [0.3, 0.4) is 0 Å². The van der Waals surface area contributed by atoms with Crippen LogP contribution in [0.4, 0.5) is 0 Å².